The van der Waals surface area contributed by atoms with Gasteiger partial charge in [-0.2, -0.15) is 5.10 Å². The summed E-state index contributed by atoms with van der Waals surface area (Å²) in [6.07, 6.45) is 0. The Labute approximate surface area is 123 Å². The van der Waals surface area contributed by atoms with Crippen molar-refractivity contribution in [3.8, 4) is 5.75 Å². The summed E-state index contributed by atoms with van der Waals surface area (Å²) in [7, 11) is 2.84. The molecule has 3 aromatic heterocycles. The fourth-order valence-corrected chi connectivity index (χ4v) is 2.40. The maximum absolute atomic E-state index is 12.5. The van der Waals surface area contributed by atoms with Crippen LogP contribution >= 0.6 is 0 Å². The highest BCUT2D eigenvalue weighted by Gasteiger charge is 2.22. The number of rotatable bonds is 1. The minimum Gasteiger partial charge on any atom is -0.425 e. The monoisotopic (exact) mass is 303 g/mol. The second-order valence-electron chi connectivity index (χ2n) is 4.99. The average Bonchev–Trinajstić information content (AvgIpc) is 2.83. The van der Waals surface area contributed by atoms with E-state index in [1.807, 2.05) is 0 Å². The molecule has 0 aliphatic rings. The lowest BCUT2D eigenvalue weighted by Crippen LogP contribution is -2.37. The van der Waals surface area contributed by atoms with Gasteiger partial charge in [-0.1, -0.05) is 0 Å². The number of nitrogens with one attached hydrogen (secondary N) is 1. The van der Waals surface area contributed by atoms with Gasteiger partial charge in [0.05, 0.1) is 5.39 Å². The van der Waals surface area contributed by atoms with Crippen molar-refractivity contribution in [1.29, 1.82) is 0 Å². The highest BCUT2D eigenvalue weighted by Crippen LogP contribution is 2.31. The van der Waals surface area contributed by atoms with Crippen molar-refractivity contribution in [1.82, 2.24) is 24.3 Å². The second-order valence-corrected chi connectivity index (χ2v) is 4.99. The SMILES string of the molecule is CC(=O)Oc1c2c(C)[nH]nc2nc2c1c(=O)n(C)c(=O)n2C. The molecule has 9 heteroatoms. The molecule has 0 radical (unpaired) electrons. The van der Waals surface area contributed by atoms with Gasteiger partial charge in [0.25, 0.3) is 5.56 Å². The molecule has 1 N–H and O–H groups in total. The third kappa shape index (κ3) is 1.75. The molecule has 0 unspecified atom stereocenters. The molecule has 0 fully saturated rings. The average molecular weight is 303 g/mol. The topological polar surface area (TPSA) is 112 Å². The third-order valence-corrected chi connectivity index (χ3v) is 3.47. The largest absolute Gasteiger partial charge is 0.425 e. The summed E-state index contributed by atoms with van der Waals surface area (Å²) < 4.78 is 7.40. The van der Waals surface area contributed by atoms with E-state index in [1.54, 1.807) is 6.92 Å². The van der Waals surface area contributed by atoms with Crippen LogP contribution in [0.1, 0.15) is 12.6 Å². The number of carbonyl (C=O) groups excluding carboxylic acids is 1. The molecule has 22 heavy (non-hydrogen) atoms. The van der Waals surface area contributed by atoms with Crippen molar-refractivity contribution in [2.45, 2.75) is 13.8 Å². The Bertz CT molecular complexity index is 1060. The number of hydrogen-bond acceptors (Lipinski definition) is 6. The number of aromatic nitrogens is 5. The number of hydrogen-bond donors (Lipinski definition) is 1. The first kappa shape index (κ1) is 14.0. The van der Waals surface area contributed by atoms with E-state index in [-0.39, 0.29) is 22.4 Å². The molecule has 0 aromatic carbocycles. The van der Waals surface area contributed by atoms with E-state index in [0.717, 1.165) is 4.57 Å². The maximum Gasteiger partial charge on any atom is 0.332 e. The first-order valence-corrected chi connectivity index (χ1v) is 6.45. The molecule has 3 rings (SSSR count). The summed E-state index contributed by atoms with van der Waals surface area (Å²) in [4.78, 5) is 40.2. The molecule has 0 spiro atoms. The molecular weight excluding hydrogens is 290 g/mol. The molecular formula is C13H13N5O4. The van der Waals surface area contributed by atoms with Crippen molar-refractivity contribution < 1.29 is 9.53 Å². The minimum atomic E-state index is -0.579. The van der Waals surface area contributed by atoms with Gasteiger partial charge >= 0.3 is 11.7 Å². The Balaban J connectivity index is 2.68. The summed E-state index contributed by atoms with van der Waals surface area (Å²) in [6, 6.07) is 0. The Morgan fingerprint density at radius 2 is 1.86 bits per heavy atom. The Morgan fingerprint density at radius 1 is 1.18 bits per heavy atom. The van der Waals surface area contributed by atoms with E-state index in [4.69, 9.17) is 4.74 Å². The van der Waals surface area contributed by atoms with E-state index < -0.39 is 17.2 Å². The third-order valence-electron chi connectivity index (χ3n) is 3.47. The molecule has 9 nitrogen and oxygen atoms in total. The van der Waals surface area contributed by atoms with Crippen LogP contribution < -0.4 is 16.0 Å². The van der Waals surface area contributed by atoms with E-state index in [9.17, 15) is 14.4 Å². The van der Waals surface area contributed by atoms with Crippen molar-refractivity contribution in [3.05, 3.63) is 26.5 Å². The summed E-state index contributed by atoms with van der Waals surface area (Å²) in [5.74, 6) is -0.514. The Morgan fingerprint density at radius 3 is 2.50 bits per heavy atom. The number of nitrogens with zero attached hydrogens (tertiary/aromatic N) is 4. The van der Waals surface area contributed by atoms with Crippen molar-refractivity contribution in [2.75, 3.05) is 0 Å². The number of aryl methyl sites for hydroxylation is 2. The van der Waals surface area contributed by atoms with Gasteiger partial charge in [-0.25, -0.2) is 9.78 Å². The van der Waals surface area contributed by atoms with Crippen LogP contribution in [0, 0.1) is 6.92 Å². The Hall–Kier alpha value is -2.97. The van der Waals surface area contributed by atoms with Crippen LogP contribution in [-0.4, -0.2) is 30.3 Å². The number of H-pyrrole nitrogens is 1. The molecule has 114 valence electrons. The van der Waals surface area contributed by atoms with Gasteiger partial charge in [0.15, 0.2) is 17.0 Å². The minimum absolute atomic E-state index is 0.0648. The second kappa shape index (κ2) is 4.52. The molecule has 0 saturated carbocycles. The van der Waals surface area contributed by atoms with Gasteiger partial charge in [0.2, 0.25) is 0 Å². The van der Waals surface area contributed by atoms with Crippen LogP contribution in [-0.2, 0) is 18.9 Å². The molecule has 3 aromatic rings. The van der Waals surface area contributed by atoms with Crippen LogP contribution in [0.15, 0.2) is 9.59 Å². The smallest absolute Gasteiger partial charge is 0.332 e. The number of esters is 1. The number of fused-ring (bicyclic) bond motifs is 2. The van der Waals surface area contributed by atoms with Crippen molar-refractivity contribution in [2.24, 2.45) is 14.1 Å². The predicted octanol–water partition coefficient (Wildman–Crippen LogP) is -0.258. The van der Waals surface area contributed by atoms with E-state index >= 15 is 0 Å². The van der Waals surface area contributed by atoms with Gasteiger partial charge in [-0.05, 0) is 6.92 Å². The number of ether oxygens (including phenoxy) is 1. The molecule has 3 heterocycles. The van der Waals surface area contributed by atoms with Crippen LogP contribution in [0.25, 0.3) is 22.1 Å². The predicted molar refractivity (Wildman–Crippen MR) is 77.9 cm³/mol. The lowest BCUT2D eigenvalue weighted by Gasteiger charge is -2.11. The summed E-state index contributed by atoms with van der Waals surface area (Å²) >= 11 is 0. The quantitative estimate of drug-likeness (QED) is 0.620. The fraction of sp³-hybridized carbons (Fsp3) is 0.308. The van der Waals surface area contributed by atoms with Crippen LogP contribution in [0.5, 0.6) is 5.75 Å². The standard InChI is InChI=1S/C13H13N5O4/c1-5-7-9(22-6(2)19)8-11(14-10(7)16-15-5)17(3)13(21)18(4)12(8)20/h1-4H3,(H,14,15,16). The molecule has 0 atom stereocenters. The zero-order valence-electron chi connectivity index (χ0n) is 12.4. The first-order valence-electron chi connectivity index (χ1n) is 6.45. The van der Waals surface area contributed by atoms with E-state index in [2.05, 4.69) is 15.2 Å². The van der Waals surface area contributed by atoms with Crippen LogP contribution in [0.2, 0.25) is 0 Å². The lowest BCUT2D eigenvalue weighted by molar-refractivity contribution is -0.131. The number of pyridine rings is 1. The molecule has 0 amide bonds. The van der Waals surface area contributed by atoms with Gasteiger partial charge in [-0.15, -0.1) is 0 Å². The van der Waals surface area contributed by atoms with E-state index in [0.29, 0.717) is 11.1 Å². The van der Waals surface area contributed by atoms with Gasteiger partial charge < -0.3 is 4.74 Å². The number of carbonyl (C=O) groups is 1. The molecule has 0 saturated heterocycles. The fourth-order valence-electron chi connectivity index (χ4n) is 2.40. The normalized spacial score (nSPS) is 11.3. The van der Waals surface area contributed by atoms with Crippen molar-refractivity contribution >= 4 is 28.0 Å². The van der Waals surface area contributed by atoms with Gasteiger partial charge in [-0.3, -0.25) is 23.8 Å². The van der Waals surface area contributed by atoms with Gasteiger partial charge in [0, 0.05) is 26.7 Å². The zero-order valence-corrected chi connectivity index (χ0v) is 12.4. The maximum atomic E-state index is 12.5. The van der Waals surface area contributed by atoms with Crippen LogP contribution in [0.3, 0.4) is 0 Å². The Kier molecular flexibility index (Phi) is 2.87. The summed E-state index contributed by atoms with van der Waals surface area (Å²) in [5, 5.41) is 7.25. The highest BCUT2D eigenvalue weighted by atomic mass is 16.5. The number of aromatic amines is 1. The van der Waals surface area contributed by atoms with Crippen molar-refractivity contribution in [3.63, 3.8) is 0 Å². The first-order chi connectivity index (χ1) is 10.3. The lowest BCUT2D eigenvalue weighted by atomic mass is 10.2. The highest BCUT2D eigenvalue weighted by molar-refractivity contribution is 6.00. The summed E-state index contributed by atoms with van der Waals surface area (Å²) in [5.41, 5.74) is -0.112. The molecule has 0 bridgehead atoms. The molecule has 0 aliphatic carbocycles. The van der Waals surface area contributed by atoms with E-state index in [1.165, 1.54) is 25.6 Å². The van der Waals surface area contributed by atoms with Gasteiger partial charge in [0.1, 0.15) is 5.39 Å². The van der Waals surface area contributed by atoms with Crippen LogP contribution in [0.4, 0.5) is 0 Å². The zero-order chi connectivity index (χ0) is 16.2. The molecule has 0 aliphatic heterocycles. The summed E-state index contributed by atoms with van der Waals surface area (Å²) in [6.45, 7) is 2.96.